The predicted octanol–water partition coefficient (Wildman–Crippen LogP) is -5.61. The van der Waals surface area contributed by atoms with E-state index in [4.69, 9.17) is 16.2 Å². The molecule has 1 aliphatic rings. The van der Waals surface area contributed by atoms with Crippen LogP contribution in [0, 0.1) is 0 Å². The second-order valence-corrected chi connectivity index (χ2v) is 2.59. The van der Waals surface area contributed by atoms with Gasteiger partial charge in [-0.25, -0.2) is 11.0 Å². The maximum atomic E-state index is 8.68. The van der Waals surface area contributed by atoms with Crippen molar-refractivity contribution in [2.75, 3.05) is 0 Å². The molecule has 0 saturated heterocycles. The van der Waals surface area contributed by atoms with Gasteiger partial charge in [0.25, 0.3) is 0 Å². The van der Waals surface area contributed by atoms with Crippen LogP contribution < -0.4 is 39.2 Å². The summed E-state index contributed by atoms with van der Waals surface area (Å²) in [4.78, 5) is 0. The van der Waals surface area contributed by atoms with Crippen molar-refractivity contribution < 1.29 is 31.4 Å². The van der Waals surface area contributed by atoms with Crippen LogP contribution in [0.4, 0.5) is 0 Å². The van der Waals surface area contributed by atoms with Crippen LogP contribution in [0.5, 0.6) is 0 Å². The minimum Gasteiger partial charge on any atom is -0.396 e. The molecule has 0 bridgehead atoms. The Labute approximate surface area is 95.7 Å². The van der Waals surface area contributed by atoms with Crippen LogP contribution in [0.1, 0.15) is 0 Å². The number of allylic oxidation sites excluding steroid dienone is 2. The smallest absolute Gasteiger partial charge is 0.396 e. The van der Waals surface area contributed by atoms with Crippen molar-refractivity contribution in [1.29, 1.82) is 0 Å². The lowest BCUT2D eigenvalue weighted by molar-refractivity contribution is -1.63. The van der Waals surface area contributed by atoms with E-state index in [0.29, 0.717) is 0 Å². The van der Waals surface area contributed by atoms with E-state index in [-0.39, 0.29) is 24.0 Å². The number of nitrogens with one attached hydrogen (secondary N) is 1. The van der Waals surface area contributed by atoms with Crippen LogP contribution in [0.25, 0.3) is 0 Å². The van der Waals surface area contributed by atoms with Gasteiger partial charge in [-0.2, -0.15) is 0 Å². The lowest BCUT2D eigenvalue weighted by atomic mass is 10.5. The Hall–Kier alpha value is 0.380. The van der Waals surface area contributed by atoms with Gasteiger partial charge in [0.05, 0.1) is 0 Å². The Morgan fingerprint density at radius 3 is 2.08 bits per heavy atom. The fraction of sp³-hybridized carbons (Fsp3) is 0. The van der Waals surface area contributed by atoms with E-state index < -0.39 is 21.1 Å². The first-order chi connectivity index (χ1) is 5.13. The quantitative estimate of drug-likeness (QED) is 0.276. The van der Waals surface area contributed by atoms with Crippen LogP contribution >= 0.6 is 24.0 Å². The first kappa shape index (κ1) is 14.9. The zero-order chi connectivity index (χ0) is 8.69. The monoisotopic (exact) mass is 401 g/mol. The average molecular weight is 401 g/mol. The fourth-order valence-electron chi connectivity index (χ4n) is 0.370. The minimum atomic E-state index is -3.76. The van der Waals surface area contributed by atoms with E-state index in [1.54, 1.807) is 12.4 Å². The van der Waals surface area contributed by atoms with E-state index in [1.165, 1.54) is 5.12 Å². The molecule has 1 aliphatic heterocycles. The molecule has 0 atom stereocenters. The molecule has 6 nitrogen and oxygen atoms in total. The maximum Gasteiger partial charge on any atom is 0.503 e. The molecule has 4 N–H and O–H groups in total. The first-order valence-electron chi connectivity index (χ1n) is 2.51. The van der Waals surface area contributed by atoms with Crippen molar-refractivity contribution in [3.8, 4) is 0 Å². The number of nitrogens with two attached hydrogens (primary N) is 1. The van der Waals surface area contributed by atoms with Crippen LogP contribution in [0.3, 0.4) is 0 Å². The number of halogens is 2. The van der Waals surface area contributed by atoms with Crippen molar-refractivity contribution in [2.45, 2.75) is 0 Å². The summed E-state index contributed by atoms with van der Waals surface area (Å²) >= 11 is -3.76. The van der Waals surface area contributed by atoms with E-state index in [0.717, 1.165) is 0 Å². The molecule has 72 valence electrons. The van der Waals surface area contributed by atoms with Crippen molar-refractivity contribution in [1.82, 2.24) is 10.5 Å². The first-order valence-corrected chi connectivity index (χ1v) is 5.23. The Balaban J connectivity index is 0. The highest BCUT2D eigenvalue weighted by Crippen LogP contribution is 1.82. The lowest BCUT2D eigenvalue weighted by Crippen LogP contribution is -3.98. The number of nitrogens with zero attached hydrogens (tertiary/aromatic N) is 1. The molecule has 0 radical (unpaired) electrons. The predicted molar refractivity (Wildman–Crippen MR) is 45.1 cm³/mol. The van der Waals surface area contributed by atoms with Gasteiger partial charge in [0.2, 0.25) is 0 Å². The number of hydrogen-bond donors (Lipinski definition) is 3. The van der Waals surface area contributed by atoms with Gasteiger partial charge in [-0.3, -0.25) is 5.43 Å². The SMILES string of the molecule is I.NN1C=CC=CN1.[O-][I+2]([O-])O. The molecular weight excluding hydrogens is 392 g/mol. The summed E-state index contributed by atoms with van der Waals surface area (Å²) < 4.78 is 24.5. The van der Waals surface area contributed by atoms with Gasteiger partial charge in [0.15, 0.2) is 0 Å². The number of hydrogen-bond acceptors (Lipinski definition) is 6. The number of rotatable bonds is 0. The van der Waals surface area contributed by atoms with E-state index in [2.05, 4.69) is 5.43 Å². The van der Waals surface area contributed by atoms with Crippen LogP contribution in [0.2, 0.25) is 0 Å². The molecule has 0 unspecified atom stereocenters. The molecule has 8 heteroatoms. The highest BCUT2D eigenvalue weighted by Gasteiger charge is 1.89. The normalized spacial score (nSPS) is 12.9. The van der Waals surface area contributed by atoms with E-state index in [1.807, 2.05) is 12.2 Å². The molecule has 0 fully saturated rings. The van der Waals surface area contributed by atoms with Gasteiger partial charge < -0.3 is 6.87 Å². The van der Waals surface area contributed by atoms with E-state index >= 15 is 0 Å². The minimum absolute atomic E-state index is 0. The molecule has 0 aromatic heterocycles. The van der Waals surface area contributed by atoms with E-state index in [9.17, 15) is 0 Å². The third-order valence-electron chi connectivity index (χ3n) is 0.678. The largest absolute Gasteiger partial charge is 0.503 e. The van der Waals surface area contributed by atoms with Crippen LogP contribution in [0.15, 0.2) is 24.6 Å². The van der Waals surface area contributed by atoms with Gasteiger partial charge in [-0.1, -0.05) is 0 Å². The second-order valence-electron chi connectivity index (χ2n) is 1.44. The molecular formula is C4H9I2N3O3. The highest BCUT2D eigenvalue weighted by atomic mass is 127. The molecule has 0 aromatic rings. The van der Waals surface area contributed by atoms with Gasteiger partial charge in [0.1, 0.15) is 0 Å². The van der Waals surface area contributed by atoms with Crippen molar-refractivity contribution in [3.63, 3.8) is 0 Å². The molecule has 1 rings (SSSR count). The van der Waals surface area contributed by atoms with Gasteiger partial charge >= 0.3 is 21.1 Å². The molecule has 0 amide bonds. The average Bonchev–Trinajstić information content (AvgIpc) is 1.87. The summed E-state index contributed by atoms with van der Waals surface area (Å²) in [6.45, 7) is 0. The standard InChI is InChI=1S/C4H7N3.HIO3.HI/c5-7-4-2-1-3-6-7;2-1(3)4;/h1-4,6H,5H2;2H;1H. The van der Waals surface area contributed by atoms with Gasteiger partial charge in [-0.15, -0.1) is 24.0 Å². The molecule has 0 spiro atoms. The van der Waals surface area contributed by atoms with Crippen LogP contribution in [-0.4, -0.2) is 8.55 Å². The summed E-state index contributed by atoms with van der Waals surface area (Å²) in [5.41, 5.74) is 2.73. The topological polar surface area (TPSA) is 108 Å². The molecule has 0 saturated carbocycles. The van der Waals surface area contributed by atoms with Gasteiger partial charge in [-0.05, 0) is 15.6 Å². The van der Waals surface area contributed by atoms with Crippen molar-refractivity contribution in [3.05, 3.63) is 24.6 Å². The summed E-state index contributed by atoms with van der Waals surface area (Å²) in [5.74, 6) is 5.22. The lowest BCUT2D eigenvalue weighted by Gasteiger charge is -2.13. The Kier molecular flexibility index (Phi) is 11.7. The zero-order valence-electron chi connectivity index (χ0n) is 5.88. The van der Waals surface area contributed by atoms with Crippen molar-refractivity contribution >= 4 is 24.0 Å². The molecule has 0 aliphatic carbocycles. The summed E-state index contributed by atoms with van der Waals surface area (Å²) in [6.07, 6.45) is 7.18. The third kappa shape index (κ3) is 13.0. The fourth-order valence-corrected chi connectivity index (χ4v) is 0.370. The van der Waals surface area contributed by atoms with Crippen LogP contribution in [-0.2, 0) is 0 Å². The van der Waals surface area contributed by atoms with Gasteiger partial charge in [0, 0.05) is 12.4 Å². The zero-order valence-corrected chi connectivity index (χ0v) is 10.4. The molecule has 1 heterocycles. The summed E-state index contributed by atoms with van der Waals surface area (Å²) in [5, 5.41) is 1.38. The molecule has 12 heavy (non-hydrogen) atoms. The van der Waals surface area contributed by atoms with Crippen molar-refractivity contribution in [2.24, 2.45) is 5.84 Å². The Bertz CT molecular complexity index is 150. The summed E-state index contributed by atoms with van der Waals surface area (Å²) in [7, 11) is 0. The number of hydrazine groups is 2. The third-order valence-corrected chi connectivity index (χ3v) is 0.678. The Morgan fingerprint density at radius 2 is 1.92 bits per heavy atom. The summed E-state index contributed by atoms with van der Waals surface area (Å²) in [6, 6.07) is 0. The highest BCUT2D eigenvalue weighted by molar-refractivity contribution is 14.0. The molecule has 0 aromatic carbocycles. The Morgan fingerprint density at radius 1 is 1.42 bits per heavy atom. The second kappa shape index (κ2) is 9.47. The maximum absolute atomic E-state index is 8.68.